The van der Waals surface area contributed by atoms with Gasteiger partial charge in [0.15, 0.2) is 0 Å². The van der Waals surface area contributed by atoms with Crippen LogP contribution < -0.4 is 5.32 Å². The first-order valence-electron chi connectivity index (χ1n) is 6.98. The molecular formula is C15H25N3. The number of hydrogen-bond donors (Lipinski definition) is 1. The number of pyridine rings is 1. The fraction of sp³-hybridized carbons (Fsp3) is 0.667. The highest BCUT2D eigenvalue weighted by Crippen LogP contribution is 2.16. The van der Waals surface area contributed by atoms with E-state index >= 15 is 0 Å². The van der Waals surface area contributed by atoms with Crippen LogP contribution in [0, 0.1) is 12.8 Å². The van der Waals surface area contributed by atoms with Gasteiger partial charge in [0, 0.05) is 24.8 Å². The standard InChI is InChI=1S/C15H25N3/c1-12-7-8-16-15(9-12)11-18(3)10-14-6-4-5-13(2)17-14/h4-6,12,15-16H,7-11H2,1-3H3. The van der Waals surface area contributed by atoms with Crippen molar-refractivity contribution < 1.29 is 0 Å². The highest BCUT2D eigenvalue weighted by atomic mass is 15.1. The average Bonchev–Trinajstić information content (AvgIpc) is 2.28. The number of rotatable bonds is 4. The number of aryl methyl sites for hydroxylation is 1. The normalized spacial score (nSPS) is 24.4. The molecule has 1 aliphatic heterocycles. The molecule has 1 aliphatic rings. The van der Waals surface area contributed by atoms with Crippen molar-refractivity contribution in [3.63, 3.8) is 0 Å². The van der Waals surface area contributed by atoms with Crippen LogP contribution in [0.25, 0.3) is 0 Å². The Balaban J connectivity index is 1.82. The lowest BCUT2D eigenvalue weighted by Gasteiger charge is -2.31. The van der Waals surface area contributed by atoms with Crippen LogP contribution in [0.1, 0.15) is 31.2 Å². The highest BCUT2D eigenvalue weighted by molar-refractivity contribution is 5.09. The van der Waals surface area contributed by atoms with Gasteiger partial charge in [0.05, 0.1) is 5.69 Å². The van der Waals surface area contributed by atoms with Crippen molar-refractivity contribution in [2.75, 3.05) is 20.1 Å². The SMILES string of the molecule is Cc1cccc(CN(C)CC2CC(C)CCN2)n1. The van der Waals surface area contributed by atoms with Crippen molar-refractivity contribution in [2.45, 2.75) is 39.3 Å². The van der Waals surface area contributed by atoms with Crippen LogP contribution in [-0.4, -0.2) is 36.1 Å². The Hall–Kier alpha value is -0.930. The molecule has 0 saturated carbocycles. The molecule has 2 heterocycles. The van der Waals surface area contributed by atoms with Gasteiger partial charge in [0.25, 0.3) is 0 Å². The molecule has 0 amide bonds. The van der Waals surface area contributed by atoms with E-state index in [1.54, 1.807) is 0 Å². The molecule has 0 radical (unpaired) electrons. The molecule has 0 aromatic carbocycles. The summed E-state index contributed by atoms with van der Waals surface area (Å²) in [4.78, 5) is 6.93. The van der Waals surface area contributed by atoms with Crippen LogP contribution in [0.5, 0.6) is 0 Å². The molecule has 1 aromatic heterocycles. The van der Waals surface area contributed by atoms with Crippen molar-refractivity contribution in [3.05, 3.63) is 29.6 Å². The van der Waals surface area contributed by atoms with Gasteiger partial charge in [-0.2, -0.15) is 0 Å². The summed E-state index contributed by atoms with van der Waals surface area (Å²) in [6, 6.07) is 6.89. The van der Waals surface area contributed by atoms with Gasteiger partial charge in [-0.25, -0.2) is 0 Å². The van der Waals surface area contributed by atoms with E-state index in [4.69, 9.17) is 0 Å². The third-order valence-electron chi connectivity index (χ3n) is 3.67. The van der Waals surface area contributed by atoms with E-state index in [0.717, 1.165) is 24.7 Å². The van der Waals surface area contributed by atoms with Crippen molar-refractivity contribution in [3.8, 4) is 0 Å². The predicted octanol–water partition coefficient (Wildman–Crippen LogP) is 2.21. The number of likely N-dealkylation sites (N-methyl/N-ethyl adjacent to an activating group) is 1. The zero-order valence-electron chi connectivity index (χ0n) is 11.8. The first-order valence-corrected chi connectivity index (χ1v) is 6.98. The van der Waals surface area contributed by atoms with E-state index in [1.165, 1.54) is 25.1 Å². The molecule has 3 heteroatoms. The van der Waals surface area contributed by atoms with Crippen LogP contribution in [0.15, 0.2) is 18.2 Å². The molecule has 2 unspecified atom stereocenters. The van der Waals surface area contributed by atoms with E-state index < -0.39 is 0 Å². The summed E-state index contributed by atoms with van der Waals surface area (Å²) in [5, 5.41) is 3.62. The summed E-state index contributed by atoms with van der Waals surface area (Å²) in [5.74, 6) is 0.863. The maximum Gasteiger partial charge on any atom is 0.0547 e. The molecule has 1 aromatic rings. The molecule has 2 rings (SSSR count). The largest absolute Gasteiger partial charge is 0.313 e. The zero-order valence-corrected chi connectivity index (χ0v) is 11.8. The van der Waals surface area contributed by atoms with E-state index in [1.807, 2.05) is 13.0 Å². The summed E-state index contributed by atoms with van der Waals surface area (Å²) >= 11 is 0. The molecule has 0 bridgehead atoms. The summed E-state index contributed by atoms with van der Waals surface area (Å²) in [6.07, 6.45) is 2.62. The average molecular weight is 247 g/mol. The minimum absolute atomic E-state index is 0.642. The third-order valence-corrected chi connectivity index (χ3v) is 3.67. The van der Waals surface area contributed by atoms with Crippen molar-refractivity contribution >= 4 is 0 Å². The Morgan fingerprint density at radius 2 is 2.28 bits per heavy atom. The van der Waals surface area contributed by atoms with E-state index in [9.17, 15) is 0 Å². The smallest absolute Gasteiger partial charge is 0.0547 e. The first-order chi connectivity index (χ1) is 8.63. The van der Waals surface area contributed by atoms with Crippen molar-refractivity contribution in [1.82, 2.24) is 15.2 Å². The van der Waals surface area contributed by atoms with E-state index in [-0.39, 0.29) is 0 Å². The van der Waals surface area contributed by atoms with Crippen LogP contribution in [0.3, 0.4) is 0 Å². The van der Waals surface area contributed by atoms with Crippen molar-refractivity contribution in [2.24, 2.45) is 5.92 Å². The Kier molecular flexibility index (Phi) is 4.72. The maximum atomic E-state index is 4.56. The van der Waals surface area contributed by atoms with Gasteiger partial charge >= 0.3 is 0 Å². The molecule has 0 aliphatic carbocycles. The highest BCUT2D eigenvalue weighted by Gasteiger charge is 2.19. The van der Waals surface area contributed by atoms with Gasteiger partial charge in [-0.3, -0.25) is 9.88 Å². The first kappa shape index (κ1) is 13.5. The molecule has 0 spiro atoms. The number of hydrogen-bond acceptors (Lipinski definition) is 3. The van der Waals surface area contributed by atoms with Gasteiger partial charge in [-0.1, -0.05) is 13.0 Å². The Labute approximate surface area is 111 Å². The number of aromatic nitrogens is 1. The minimum atomic E-state index is 0.642. The second-order valence-corrected chi connectivity index (χ2v) is 5.75. The van der Waals surface area contributed by atoms with Crippen LogP contribution >= 0.6 is 0 Å². The monoisotopic (exact) mass is 247 g/mol. The lowest BCUT2D eigenvalue weighted by molar-refractivity contribution is 0.229. The zero-order chi connectivity index (χ0) is 13.0. The van der Waals surface area contributed by atoms with Gasteiger partial charge in [-0.05, 0) is 51.4 Å². The number of nitrogens with one attached hydrogen (secondary N) is 1. The third kappa shape index (κ3) is 4.07. The number of nitrogens with zero attached hydrogens (tertiary/aromatic N) is 2. The van der Waals surface area contributed by atoms with Crippen LogP contribution in [0.4, 0.5) is 0 Å². The molecule has 2 atom stereocenters. The fourth-order valence-electron chi connectivity index (χ4n) is 2.76. The predicted molar refractivity (Wildman–Crippen MR) is 75.5 cm³/mol. The Morgan fingerprint density at radius 1 is 1.44 bits per heavy atom. The minimum Gasteiger partial charge on any atom is -0.313 e. The molecule has 18 heavy (non-hydrogen) atoms. The fourth-order valence-corrected chi connectivity index (χ4v) is 2.76. The lowest BCUT2D eigenvalue weighted by atomic mass is 9.94. The van der Waals surface area contributed by atoms with Gasteiger partial charge in [0.2, 0.25) is 0 Å². The molecule has 1 N–H and O–H groups in total. The van der Waals surface area contributed by atoms with Crippen LogP contribution in [0.2, 0.25) is 0 Å². The van der Waals surface area contributed by atoms with Gasteiger partial charge in [0.1, 0.15) is 0 Å². The Morgan fingerprint density at radius 3 is 3.00 bits per heavy atom. The Bertz CT molecular complexity index is 378. The second-order valence-electron chi connectivity index (χ2n) is 5.75. The van der Waals surface area contributed by atoms with Gasteiger partial charge in [-0.15, -0.1) is 0 Å². The van der Waals surface area contributed by atoms with Crippen LogP contribution in [-0.2, 0) is 6.54 Å². The lowest BCUT2D eigenvalue weighted by Crippen LogP contribution is -2.44. The summed E-state index contributed by atoms with van der Waals surface area (Å²) in [7, 11) is 2.19. The summed E-state index contributed by atoms with van der Waals surface area (Å²) < 4.78 is 0. The molecule has 1 fully saturated rings. The quantitative estimate of drug-likeness (QED) is 0.884. The van der Waals surface area contributed by atoms with E-state index in [0.29, 0.717) is 6.04 Å². The molecule has 1 saturated heterocycles. The second kappa shape index (κ2) is 6.30. The summed E-state index contributed by atoms with van der Waals surface area (Å²) in [6.45, 7) is 7.63. The van der Waals surface area contributed by atoms with E-state index in [2.05, 4.69) is 41.3 Å². The van der Waals surface area contributed by atoms with Crippen molar-refractivity contribution in [1.29, 1.82) is 0 Å². The number of piperidine rings is 1. The van der Waals surface area contributed by atoms with Gasteiger partial charge < -0.3 is 5.32 Å². The topological polar surface area (TPSA) is 28.2 Å². The molecule has 100 valence electrons. The summed E-state index contributed by atoms with van der Waals surface area (Å²) in [5.41, 5.74) is 2.27. The maximum absolute atomic E-state index is 4.56. The molecular weight excluding hydrogens is 222 g/mol. The molecule has 3 nitrogen and oxygen atoms in total.